The van der Waals surface area contributed by atoms with Gasteiger partial charge in [-0.3, -0.25) is 0 Å². The van der Waals surface area contributed by atoms with Gasteiger partial charge in [0.1, 0.15) is 0 Å². The molecule has 3 nitrogen and oxygen atoms in total. The second kappa shape index (κ2) is 19.1. The minimum Gasteiger partial charge on any atom is -0.309 e. The molecule has 0 atom stereocenters. The normalized spacial score (nSPS) is 11.8. The molecular formula is C73H52F3N3. The van der Waals surface area contributed by atoms with Crippen LogP contribution >= 0.6 is 0 Å². The van der Waals surface area contributed by atoms with Gasteiger partial charge in [0.25, 0.3) is 0 Å². The number of rotatable bonds is 8. The average Bonchev–Trinajstić information content (AvgIpc) is 4.22. The Bertz CT molecular complexity index is 4400. The Morgan fingerprint density at radius 1 is 0.316 bits per heavy atom. The number of halogens is 3. The summed E-state index contributed by atoms with van der Waals surface area (Å²) < 4.78 is 49.1. The molecule has 0 spiro atoms. The van der Waals surface area contributed by atoms with E-state index >= 15 is 0 Å². The lowest BCUT2D eigenvalue weighted by molar-refractivity contribution is -0.137. The van der Waals surface area contributed by atoms with E-state index < -0.39 is 11.7 Å². The van der Waals surface area contributed by atoms with Gasteiger partial charge in [0.15, 0.2) is 5.69 Å². The van der Waals surface area contributed by atoms with Crippen molar-refractivity contribution in [3.8, 4) is 78.1 Å². The van der Waals surface area contributed by atoms with Crippen molar-refractivity contribution >= 4 is 49.3 Å². The van der Waals surface area contributed by atoms with Gasteiger partial charge in [-0.2, -0.15) is 13.2 Å². The highest BCUT2D eigenvalue weighted by Gasteiger charge is 2.32. The molecule has 0 aliphatic carbocycles. The molecule has 2 heterocycles. The SMILES string of the molecule is [C-]#[N+]c1ccc(-n2c3ccc(-c4ccc(C)cc4)cc3c3cc(-c4ccc(C)cc4)ccc32)c(-c2cc(-n3c4ccc(-c5ccc(C)cc5)cc4c4cc(-c5ccc(C)cc5)ccc43)ccc2-c2cc(C)cc(C(F)(F)F)c2)c1. The first-order chi connectivity index (χ1) is 38.2. The molecule has 380 valence electrons. The van der Waals surface area contributed by atoms with Crippen LogP contribution in [0.5, 0.6) is 0 Å². The molecule has 0 saturated carbocycles. The average molecular weight is 1030 g/mol. The molecule has 0 amide bonds. The van der Waals surface area contributed by atoms with Crippen molar-refractivity contribution in [3.63, 3.8) is 0 Å². The summed E-state index contributed by atoms with van der Waals surface area (Å²) in [6, 6.07) is 76.8. The lowest BCUT2D eigenvalue weighted by Crippen LogP contribution is -2.06. The van der Waals surface area contributed by atoms with Gasteiger partial charge < -0.3 is 9.13 Å². The fraction of sp³-hybridized carbons (Fsp3) is 0.0822. The zero-order valence-electron chi connectivity index (χ0n) is 44.3. The zero-order valence-corrected chi connectivity index (χ0v) is 44.3. The third-order valence-electron chi connectivity index (χ3n) is 15.7. The highest BCUT2D eigenvalue weighted by molar-refractivity contribution is 6.14. The van der Waals surface area contributed by atoms with E-state index in [9.17, 15) is 13.2 Å². The Hall–Kier alpha value is -9.70. The van der Waals surface area contributed by atoms with Gasteiger partial charge in [-0.1, -0.05) is 162 Å². The van der Waals surface area contributed by atoms with E-state index in [1.165, 1.54) is 34.4 Å². The maximum absolute atomic E-state index is 14.9. The van der Waals surface area contributed by atoms with Gasteiger partial charge in [-0.05, 0) is 192 Å². The molecule has 79 heavy (non-hydrogen) atoms. The summed E-state index contributed by atoms with van der Waals surface area (Å²) in [4.78, 5) is 3.99. The maximum atomic E-state index is 14.9. The van der Waals surface area contributed by atoms with Crippen LogP contribution < -0.4 is 0 Å². The molecule has 0 bridgehead atoms. The Labute approximate surface area is 457 Å². The molecule has 0 saturated heterocycles. The largest absolute Gasteiger partial charge is 0.416 e. The number of aromatic nitrogens is 2. The van der Waals surface area contributed by atoms with Crippen LogP contribution in [-0.4, -0.2) is 9.13 Å². The first-order valence-electron chi connectivity index (χ1n) is 26.6. The van der Waals surface area contributed by atoms with Gasteiger partial charge in [0, 0.05) is 27.2 Å². The van der Waals surface area contributed by atoms with Crippen LogP contribution in [0.3, 0.4) is 0 Å². The predicted octanol–water partition coefficient (Wildman–Crippen LogP) is 21.0. The highest BCUT2D eigenvalue weighted by atomic mass is 19.4. The number of fused-ring (bicyclic) bond motifs is 6. The van der Waals surface area contributed by atoms with Crippen molar-refractivity contribution in [1.82, 2.24) is 9.13 Å². The summed E-state index contributed by atoms with van der Waals surface area (Å²) in [5.41, 5.74) is 21.6. The van der Waals surface area contributed by atoms with Crippen LogP contribution in [-0.2, 0) is 6.18 Å². The summed E-state index contributed by atoms with van der Waals surface area (Å²) in [6.45, 7) is 18.5. The van der Waals surface area contributed by atoms with Gasteiger partial charge in [-0.25, -0.2) is 4.85 Å². The first kappa shape index (κ1) is 48.9. The highest BCUT2D eigenvalue weighted by Crippen LogP contribution is 2.46. The molecule has 13 rings (SSSR count). The van der Waals surface area contributed by atoms with E-state index in [2.05, 4.69) is 218 Å². The van der Waals surface area contributed by atoms with E-state index in [0.29, 0.717) is 33.5 Å². The molecule has 0 fully saturated rings. The molecule has 0 unspecified atom stereocenters. The van der Waals surface area contributed by atoms with Crippen LogP contribution in [0.15, 0.2) is 224 Å². The van der Waals surface area contributed by atoms with Crippen molar-refractivity contribution < 1.29 is 13.2 Å². The van der Waals surface area contributed by atoms with Crippen molar-refractivity contribution in [3.05, 3.63) is 269 Å². The quantitative estimate of drug-likeness (QED) is 0.135. The van der Waals surface area contributed by atoms with Crippen LogP contribution in [0, 0.1) is 41.2 Å². The Morgan fingerprint density at radius 3 is 1.10 bits per heavy atom. The lowest BCUT2D eigenvalue weighted by atomic mass is 9.90. The number of benzene rings is 11. The predicted molar refractivity (Wildman–Crippen MR) is 323 cm³/mol. The molecule has 0 radical (unpaired) electrons. The molecule has 2 aromatic heterocycles. The molecule has 0 N–H and O–H groups in total. The summed E-state index contributed by atoms with van der Waals surface area (Å²) >= 11 is 0. The Morgan fingerprint density at radius 2 is 0.709 bits per heavy atom. The number of alkyl halides is 3. The van der Waals surface area contributed by atoms with Gasteiger partial charge in [-0.15, -0.1) is 0 Å². The molecule has 11 aromatic carbocycles. The van der Waals surface area contributed by atoms with E-state index in [1.807, 2.05) is 36.4 Å². The van der Waals surface area contributed by atoms with Gasteiger partial charge >= 0.3 is 6.18 Å². The number of hydrogen-bond donors (Lipinski definition) is 0. The summed E-state index contributed by atoms with van der Waals surface area (Å²) in [7, 11) is 0. The number of aryl methyl sites for hydroxylation is 5. The topological polar surface area (TPSA) is 14.2 Å². The molecule has 0 aliphatic rings. The van der Waals surface area contributed by atoms with E-state index in [0.717, 1.165) is 99.5 Å². The molecule has 13 aromatic rings. The Balaban J connectivity index is 1.10. The fourth-order valence-corrected chi connectivity index (χ4v) is 11.5. The number of hydrogen-bond acceptors (Lipinski definition) is 0. The first-order valence-corrected chi connectivity index (χ1v) is 26.6. The minimum atomic E-state index is -4.58. The smallest absolute Gasteiger partial charge is 0.309 e. The van der Waals surface area contributed by atoms with E-state index in [-0.39, 0.29) is 0 Å². The second-order valence-corrected chi connectivity index (χ2v) is 21.2. The van der Waals surface area contributed by atoms with Gasteiger partial charge in [0.2, 0.25) is 0 Å². The summed E-state index contributed by atoms with van der Waals surface area (Å²) in [6.07, 6.45) is -4.58. The molecule has 6 heteroatoms. The standard InChI is InChI=1S/C73H52F3N3/c1-44-7-15-49(16-8-44)53-23-30-68-63(38-53)64-39-54(50-17-9-45(2)10-18-50)24-31-69(64)78(68)60-28-29-61(57-35-48(5)36-58(37-57)73(74,75)76)62(43-60)67-42-59(77-6)27-34-72(67)79-70-32-25-55(51-19-11-46(3)12-20-51)40-65(70)66-41-56(26-33-71(66)79)52-21-13-47(4)14-22-52/h7-43H,1-5H3. The fourth-order valence-electron chi connectivity index (χ4n) is 11.5. The summed E-state index contributed by atoms with van der Waals surface area (Å²) in [5, 5.41) is 4.23. The van der Waals surface area contributed by atoms with Crippen molar-refractivity contribution in [2.75, 3.05) is 0 Å². The van der Waals surface area contributed by atoms with Crippen LogP contribution in [0.1, 0.15) is 33.4 Å². The van der Waals surface area contributed by atoms with E-state index in [4.69, 9.17) is 6.57 Å². The molecular weight excluding hydrogens is 976 g/mol. The van der Waals surface area contributed by atoms with E-state index in [1.54, 1.807) is 6.92 Å². The molecule has 0 aliphatic heterocycles. The van der Waals surface area contributed by atoms with Crippen molar-refractivity contribution in [2.24, 2.45) is 0 Å². The second-order valence-electron chi connectivity index (χ2n) is 21.2. The number of nitrogens with zero attached hydrogens (tertiary/aromatic N) is 3. The Kier molecular flexibility index (Phi) is 11.8. The maximum Gasteiger partial charge on any atom is 0.416 e. The summed E-state index contributed by atoms with van der Waals surface area (Å²) in [5.74, 6) is 0. The van der Waals surface area contributed by atoms with Crippen LogP contribution in [0.4, 0.5) is 18.9 Å². The zero-order chi connectivity index (χ0) is 54.3. The minimum absolute atomic E-state index is 0.406. The third-order valence-corrected chi connectivity index (χ3v) is 15.7. The van der Waals surface area contributed by atoms with Crippen LogP contribution in [0.25, 0.3) is 127 Å². The van der Waals surface area contributed by atoms with Crippen molar-refractivity contribution in [1.29, 1.82) is 0 Å². The monoisotopic (exact) mass is 1030 g/mol. The van der Waals surface area contributed by atoms with Crippen LogP contribution in [0.2, 0.25) is 0 Å². The van der Waals surface area contributed by atoms with Crippen molar-refractivity contribution in [2.45, 2.75) is 40.8 Å². The third kappa shape index (κ3) is 8.84. The van der Waals surface area contributed by atoms with Gasteiger partial charge in [0.05, 0.1) is 39.9 Å². The lowest BCUT2D eigenvalue weighted by Gasteiger charge is -2.20.